The van der Waals surface area contributed by atoms with E-state index in [2.05, 4.69) is 247 Å². The zero-order valence-corrected chi connectivity index (χ0v) is 39.2. The van der Waals surface area contributed by atoms with Crippen molar-refractivity contribution < 1.29 is 0 Å². The maximum absolute atomic E-state index is 3.76. The summed E-state index contributed by atoms with van der Waals surface area (Å²) < 4.78 is 1.26. The van der Waals surface area contributed by atoms with Crippen molar-refractivity contribution in [1.29, 1.82) is 0 Å². The Kier molecular flexibility index (Phi) is 9.65. The molecule has 0 amide bonds. The maximum Gasteiger partial charge on any atom is 0.107 e. The van der Waals surface area contributed by atoms with E-state index >= 15 is 0 Å². The van der Waals surface area contributed by atoms with E-state index in [1.807, 2.05) is 11.3 Å². The number of fused-ring (bicyclic) bond motifs is 7. The summed E-state index contributed by atoms with van der Waals surface area (Å²) in [7, 11) is 0. The molecule has 0 bridgehead atoms. The van der Waals surface area contributed by atoms with Gasteiger partial charge in [0.1, 0.15) is 5.70 Å². The average molecular weight is 856 g/mol. The van der Waals surface area contributed by atoms with Crippen LogP contribution in [-0.2, 0) is 16.2 Å². The van der Waals surface area contributed by atoms with Crippen LogP contribution >= 0.6 is 11.3 Å². The smallest absolute Gasteiger partial charge is 0.107 e. The van der Waals surface area contributed by atoms with Crippen LogP contribution in [0.1, 0.15) is 110 Å². The van der Waals surface area contributed by atoms with E-state index in [0.29, 0.717) is 0 Å². The minimum absolute atomic E-state index is 0.0462. The fourth-order valence-corrected chi connectivity index (χ4v) is 12.5. The maximum atomic E-state index is 3.76. The van der Waals surface area contributed by atoms with Crippen LogP contribution in [0.15, 0.2) is 193 Å². The SMILES string of the molecule is CC=C1/C(=C(\CC)c2ccccc2N(C2=C=C=Cc3sc4ccccc4c32)c2ccc3c(c2)C(c2ccccc2)(c2ccccc2)c2ccccc2-3)c2ccc(C(C)(C)C)cc2C1(C)C. The van der Waals surface area contributed by atoms with Gasteiger partial charge in [-0.3, -0.25) is 0 Å². The van der Waals surface area contributed by atoms with Gasteiger partial charge in [0, 0.05) is 43.3 Å². The number of rotatable bonds is 7. The van der Waals surface area contributed by atoms with E-state index < -0.39 is 5.41 Å². The second-order valence-corrected chi connectivity index (χ2v) is 20.3. The molecule has 0 unspecified atom stereocenters. The number of thiophene rings is 1. The monoisotopic (exact) mass is 855 g/mol. The fraction of sp³-hybridized carbons (Fsp3) is 0.175. The van der Waals surface area contributed by atoms with E-state index in [9.17, 15) is 0 Å². The van der Waals surface area contributed by atoms with Gasteiger partial charge in [0.2, 0.25) is 0 Å². The van der Waals surface area contributed by atoms with E-state index in [1.54, 1.807) is 0 Å². The summed E-state index contributed by atoms with van der Waals surface area (Å²) in [4.78, 5) is 3.71. The molecule has 1 aromatic heterocycles. The summed E-state index contributed by atoms with van der Waals surface area (Å²) in [6, 6.07) is 63.7. The van der Waals surface area contributed by atoms with Crippen molar-refractivity contribution in [2.45, 2.75) is 71.1 Å². The first-order valence-electron chi connectivity index (χ1n) is 23.1. The topological polar surface area (TPSA) is 3.24 Å². The Morgan fingerprint density at radius 1 is 0.662 bits per heavy atom. The van der Waals surface area contributed by atoms with Crippen molar-refractivity contribution in [1.82, 2.24) is 0 Å². The van der Waals surface area contributed by atoms with Crippen LogP contribution < -0.4 is 4.90 Å². The molecule has 1 heterocycles. The molecule has 0 N–H and O–H groups in total. The van der Waals surface area contributed by atoms with Gasteiger partial charge in [-0.15, -0.1) is 11.3 Å². The lowest BCUT2D eigenvalue weighted by atomic mass is 9.67. The predicted molar refractivity (Wildman–Crippen MR) is 278 cm³/mol. The average Bonchev–Trinajstić information content (AvgIpc) is 3.93. The Morgan fingerprint density at radius 3 is 2.03 bits per heavy atom. The number of benzene rings is 7. The summed E-state index contributed by atoms with van der Waals surface area (Å²) in [5.41, 5.74) is 28.0. The molecule has 8 aromatic rings. The van der Waals surface area contributed by atoms with Crippen LogP contribution in [0.25, 0.3) is 44.1 Å². The van der Waals surface area contributed by atoms with Crippen molar-refractivity contribution in [2.24, 2.45) is 0 Å². The van der Waals surface area contributed by atoms with Gasteiger partial charge >= 0.3 is 0 Å². The predicted octanol–water partition coefficient (Wildman–Crippen LogP) is 17.1. The number of anilines is 2. The molecule has 0 aliphatic heterocycles. The lowest BCUT2D eigenvalue weighted by molar-refractivity contribution is 0.584. The highest BCUT2D eigenvalue weighted by Crippen LogP contribution is 2.59. The molecule has 0 saturated heterocycles. The Labute approximate surface area is 388 Å². The number of hydrogen-bond donors (Lipinski definition) is 0. The van der Waals surface area contributed by atoms with E-state index in [-0.39, 0.29) is 10.8 Å². The summed E-state index contributed by atoms with van der Waals surface area (Å²) in [6.45, 7) is 16.3. The van der Waals surface area contributed by atoms with Gasteiger partial charge in [0.05, 0.1) is 11.1 Å². The molecular formula is C63H53NS. The highest BCUT2D eigenvalue weighted by atomic mass is 32.1. The third-order valence-electron chi connectivity index (χ3n) is 14.4. The normalized spacial score (nSPS) is 16.5. The highest BCUT2D eigenvalue weighted by molar-refractivity contribution is 7.20. The summed E-state index contributed by atoms with van der Waals surface area (Å²) in [6.07, 6.45) is 5.35. The van der Waals surface area contributed by atoms with Crippen molar-refractivity contribution in [3.8, 4) is 11.1 Å². The van der Waals surface area contributed by atoms with Crippen LogP contribution in [0.5, 0.6) is 0 Å². The minimum atomic E-state index is -0.547. The van der Waals surface area contributed by atoms with Gasteiger partial charge in [-0.1, -0.05) is 199 Å². The van der Waals surface area contributed by atoms with Crippen molar-refractivity contribution in [3.05, 3.63) is 248 Å². The van der Waals surface area contributed by atoms with Gasteiger partial charge in [0.25, 0.3) is 0 Å². The first-order valence-corrected chi connectivity index (χ1v) is 23.9. The zero-order valence-electron chi connectivity index (χ0n) is 38.4. The number of nitrogens with zero attached hydrogens (tertiary/aromatic N) is 1. The molecule has 0 saturated carbocycles. The van der Waals surface area contributed by atoms with Crippen LogP contribution in [0.2, 0.25) is 0 Å². The first kappa shape index (κ1) is 40.8. The van der Waals surface area contributed by atoms with Crippen LogP contribution in [0, 0.1) is 0 Å². The molecule has 1 nitrogen and oxygen atoms in total. The van der Waals surface area contributed by atoms with Crippen LogP contribution in [-0.4, -0.2) is 0 Å². The molecule has 7 aromatic carbocycles. The molecule has 316 valence electrons. The molecule has 3 aliphatic rings. The molecular weight excluding hydrogens is 803 g/mol. The number of allylic oxidation sites excluding steroid dienone is 4. The first-order chi connectivity index (χ1) is 31.6. The van der Waals surface area contributed by atoms with Crippen molar-refractivity contribution in [3.63, 3.8) is 0 Å². The summed E-state index contributed by atoms with van der Waals surface area (Å²) >= 11 is 1.83. The van der Waals surface area contributed by atoms with Crippen LogP contribution in [0.4, 0.5) is 11.4 Å². The summed E-state index contributed by atoms with van der Waals surface area (Å²) in [5.74, 6) is 0. The van der Waals surface area contributed by atoms with Crippen molar-refractivity contribution >= 4 is 55.7 Å². The lowest BCUT2D eigenvalue weighted by Gasteiger charge is -2.35. The second kappa shape index (κ2) is 15.4. The fourth-order valence-electron chi connectivity index (χ4n) is 11.4. The standard InChI is InChI=1S/C63H53NS/c1-8-45(59-49-37-35-43(61(3,4)5)39-53(49)62(6,7)51(59)9-2)48-28-17-20-31-55(48)64(56-32-22-34-58-60(56)50-29-18-21-33-57(50)65-58)44-36-38-47-46-27-16-19-30-52(46)63(54(47)40-44,41-23-12-10-13-24-41)42-25-14-11-15-26-42/h9-21,23-31,33-40H,8H2,1-7H3/b51-9?,59-45+. The number of hydrogen-bond acceptors (Lipinski definition) is 2. The van der Waals surface area contributed by atoms with E-state index in [1.165, 1.54) is 92.9 Å². The summed E-state index contributed by atoms with van der Waals surface area (Å²) in [5, 5.41) is 1.23. The lowest BCUT2D eigenvalue weighted by Crippen LogP contribution is -2.29. The van der Waals surface area contributed by atoms with E-state index in [0.717, 1.165) is 23.5 Å². The minimum Gasteiger partial charge on any atom is -0.302 e. The Balaban J connectivity index is 1.22. The Hall–Kier alpha value is -6.92. The van der Waals surface area contributed by atoms with Crippen LogP contribution in [0.3, 0.4) is 0 Å². The second-order valence-electron chi connectivity index (χ2n) is 19.3. The van der Waals surface area contributed by atoms with Gasteiger partial charge in [0.15, 0.2) is 0 Å². The Bertz CT molecular complexity index is 3350. The highest BCUT2D eigenvalue weighted by Gasteiger charge is 2.47. The van der Waals surface area contributed by atoms with Crippen molar-refractivity contribution in [2.75, 3.05) is 4.90 Å². The Morgan fingerprint density at radius 2 is 1.31 bits per heavy atom. The van der Waals surface area contributed by atoms with Gasteiger partial charge in [-0.2, -0.15) is 0 Å². The molecule has 0 fully saturated rings. The molecule has 11 rings (SSSR count). The van der Waals surface area contributed by atoms with Gasteiger partial charge in [-0.25, -0.2) is 0 Å². The van der Waals surface area contributed by atoms with Gasteiger partial charge in [-0.05, 0) is 116 Å². The molecule has 65 heavy (non-hydrogen) atoms. The van der Waals surface area contributed by atoms with Gasteiger partial charge < -0.3 is 4.90 Å². The molecule has 2 heteroatoms. The van der Waals surface area contributed by atoms with E-state index in [4.69, 9.17) is 0 Å². The quantitative estimate of drug-likeness (QED) is 0.144. The zero-order chi connectivity index (χ0) is 44.7. The molecule has 0 spiro atoms. The molecule has 0 radical (unpaired) electrons. The third-order valence-corrected chi connectivity index (χ3v) is 15.5. The largest absolute Gasteiger partial charge is 0.302 e. The number of para-hydroxylation sites is 1. The third kappa shape index (κ3) is 6.13. The molecule has 3 aliphatic carbocycles. The molecule has 0 atom stereocenters.